The Bertz CT molecular complexity index is 350. The molecule has 7 nitrogen and oxygen atoms in total. The van der Waals surface area contributed by atoms with Crippen LogP contribution in [-0.4, -0.2) is 40.1 Å². The molecular formula is C8H13N5O2S. The summed E-state index contributed by atoms with van der Waals surface area (Å²) in [5.41, 5.74) is 10.1. The molecule has 0 spiro atoms. The second-order valence-corrected chi connectivity index (χ2v) is 4.14. The monoisotopic (exact) mass is 243 g/mol. The molecule has 0 aromatic rings. The fourth-order valence-electron chi connectivity index (χ4n) is 1.27. The molecule has 1 saturated heterocycles. The van der Waals surface area contributed by atoms with E-state index < -0.39 is 0 Å². The van der Waals surface area contributed by atoms with Gasteiger partial charge in [-0.05, 0) is 6.42 Å². The maximum Gasteiger partial charge on any atom is 0.239 e. The topological polar surface area (TPSA) is 126 Å². The highest BCUT2D eigenvalue weighted by Gasteiger charge is 2.26. The molecule has 0 unspecified atom stereocenters. The zero-order valence-electron chi connectivity index (χ0n) is 8.60. The van der Waals surface area contributed by atoms with E-state index in [4.69, 9.17) is 16.9 Å². The molecule has 5 N–H and O–H groups in total. The fraction of sp³-hybridized carbons (Fsp3) is 0.500. The van der Waals surface area contributed by atoms with Crippen molar-refractivity contribution >= 4 is 34.7 Å². The van der Waals surface area contributed by atoms with Gasteiger partial charge in [-0.25, -0.2) is 0 Å². The smallest absolute Gasteiger partial charge is 0.239 e. The number of amidine groups is 1. The first kappa shape index (κ1) is 12.5. The van der Waals surface area contributed by atoms with Crippen molar-refractivity contribution < 1.29 is 9.59 Å². The summed E-state index contributed by atoms with van der Waals surface area (Å²) in [6.45, 7) is 0.466. The minimum Gasteiger partial charge on any atom is -0.370 e. The van der Waals surface area contributed by atoms with Crippen LogP contribution in [0.15, 0.2) is 4.99 Å². The first-order valence-corrected chi connectivity index (χ1v) is 5.63. The normalized spacial score (nSPS) is 15.0. The summed E-state index contributed by atoms with van der Waals surface area (Å²) in [7, 11) is 0. The summed E-state index contributed by atoms with van der Waals surface area (Å²) < 4.78 is 0. The van der Waals surface area contributed by atoms with Crippen LogP contribution in [0.1, 0.15) is 12.8 Å². The third kappa shape index (κ3) is 3.54. The van der Waals surface area contributed by atoms with E-state index in [1.807, 2.05) is 0 Å². The Balaban J connectivity index is 2.38. The average Bonchev–Trinajstić information content (AvgIpc) is 2.60. The fourth-order valence-corrected chi connectivity index (χ4v) is 1.86. The van der Waals surface area contributed by atoms with Crippen molar-refractivity contribution in [3.05, 3.63) is 0 Å². The van der Waals surface area contributed by atoms with Crippen molar-refractivity contribution in [1.82, 2.24) is 4.90 Å². The van der Waals surface area contributed by atoms with E-state index in [0.717, 1.165) is 11.8 Å². The van der Waals surface area contributed by atoms with Gasteiger partial charge in [0.2, 0.25) is 11.8 Å². The Hall–Kier alpha value is -1.57. The van der Waals surface area contributed by atoms with Crippen LogP contribution in [0, 0.1) is 5.41 Å². The number of nitrogens with two attached hydrogens (primary N) is 2. The molecule has 0 aromatic heterocycles. The molecule has 1 fully saturated rings. The molecule has 1 rings (SSSR count). The van der Waals surface area contributed by atoms with Gasteiger partial charge in [-0.1, -0.05) is 11.8 Å². The molecular weight excluding hydrogens is 230 g/mol. The summed E-state index contributed by atoms with van der Waals surface area (Å²) in [4.78, 5) is 27.4. The van der Waals surface area contributed by atoms with E-state index in [2.05, 4.69) is 4.99 Å². The summed E-state index contributed by atoms with van der Waals surface area (Å²) in [5, 5.41) is 7.15. The van der Waals surface area contributed by atoms with E-state index in [-0.39, 0.29) is 28.7 Å². The highest BCUT2D eigenvalue weighted by Crippen LogP contribution is 2.12. The van der Waals surface area contributed by atoms with Crippen molar-refractivity contribution in [2.75, 3.05) is 12.3 Å². The van der Waals surface area contributed by atoms with Gasteiger partial charge in [0.1, 0.15) is 0 Å². The SMILES string of the molecule is N=C(N=C(N)N)SCC(=O)N1CCCC1=O. The van der Waals surface area contributed by atoms with E-state index in [1.54, 1.807) is 0 Å². The molecule has 0 bridgehead atoms. The van der Waals surface area contributed by atoms with Crippen molar-refractivity contribution in [1.29, 1.82) is 5.41 Å². The lowest BCUT2D eigenvalue weighted by Gasteiger charge is -2.12. The standard InChI is InChI=1S/C8H13N5O2S/c9-7(10)12-8(11)16-4-6(15)13-3-1-2-5(13)14/h1-4H2,(H5,9,10,11,12). The van der Waals surface area contributed by atoms with E-state index in [0.29, 0.717) is 19.4 Å². The molecule has 0 radical (unpaired) electrons. The third-order valence-electron chi connectivity index (χ3n) is 1.94. The van der Waals surface area contributed by atoms with E-state index >= 15 is 0 Å². The Morgan fingerprint density at radius 3 is 2.75 bits per heavy atom. The van der Waals surface area contributed by atoms with Gasteiger partial charge >= 0.3 is 0 Å². The van der Waals surface area contributed by atoms with Crippen molar-refractivity contribution in [2.45, 2.75) is 12.8 Å². The Morgan fingerprint density at radius 2 is 2.25 bits per heavy atom. The van der Waals surface area contributed by atoms with Crippen LogP contribution in [0.3, 0.4) is 0 Å². The van der Waals surface area contributed by atoms with Crippen LogP contribution < -0.4 is 11.5 Å². The first-order valence-electron chi connectivity index (χ1n) is 4.65. The minimum atomic E-state index is -0.303. The molecule has 88 valence electrons. The number of nitrogens with zero attached hydrogens (tertiary/aromatic N) is 2. The predicted molar refractivity (Wildman–Crippen MR) is 61.9 cm³/mol. The number of amides is 2. The van der Waals surface area contributed by atoms with Gasteiger partial charge in [-0.15, -0.1) is 0 Å². The van der Waals surface area contributed by atoms with Crippen LogP contribution in [0.5, 0.6) is 0 Å². The van der Waals surface area contributed by atoms with Crippen LogP contribution >= 0.6 is 11.8 Å². The van der Waals surface area contributed by atoms with Gasteiger partial charge in [0, 0.05) is 13.0 Å². The molecule has 0 saturated carbocycles. The number of nitrogens with one attached hydrogen (secondary N) is 1. The van der Waals surface area contributed by atoms with Gasteiger partial charge < -0.3 is 11.5 Å². The average molecular weight is 243 g/mol. The molecule has 0 aromatic carbocycles. The molecule has 16 heavy (non-hydrogen) atoms. The maximum atomic E-state index is 11.5. The summed E-state index contributed by atoms with van der Waals surface area (Å²) in [6.07, 6.45) is 1.13. The molecule has 1 heterocycles. The van der Waals surface area contributed by atoms with E-state index in [1.165, 1.54) is 4.90 Å². The van der Waals surface area contributed by atoms with Crippen LogP contribution in [-0.2, 0) is 9.59 Å². The number of guanidine groups is 1. The zero-order valence-corrected chi connectivity index (χ0v) is 9.42. The predicted octanol–water partition coefficient (Wildman–Crippen LogP) is -0.923. The number of carbonyl (C=O) groups excluding carboxylic acids is 2. The van der Waals surface area contributed by atoms with Gasteiger partial charge in [0.15, 0.2) is 11.1 Å². The van der Waals surface area contributed by atoms with Gasteiger partial charge in [-0.3, -0.25) is 19.9 Å². The number of thioether (sulfide) groups is 1. The lowest BCUT2D eigenvalue weighted by atomic mass is 10.4. The third-order valence-corrected chi connectivity index (χ3v) is 2.69. The number of rotatable bonds is 2. The highest BCUT2D eigenvalue weighted by atomic mass is 32.2. The first-order chi connectivity index (χ1) is 7.50. The van der Waals surface area contributed by atoms with Crippen LogP contribution in [0.4, 0.5) is 0 Å². The lowest BCUT2D eigenvalue weighted by Crippen LogP contribution is -2.33. The largest absolute Gasteiger partial charge is 0.370 e. The van der Waals surface area contributed by atoms with Crippen molar-refractivity contribution in [3.8, 4) is 0 Å². The van der Waals surface area contributed by atoms with Crippen molar-refractivity contribution in [3.63, 3.8) is 0 Å². The maximum absolute atomic E-state index is 11.5. The zero-order chi connectivity index (χ0) is 12.1. The second kappa shape index (κ2) is 5.50. The number of likely N-dealkylation sites (tertiary alicyclic amines) is 1. The quantitative estimate of drug-likeness (QED) is 0.427. The number of carbonyl (C=O) groups is 2. The number of hydrogen-bond acceptors (Lipinski definition) is 4. The lowest BCUT2D eigenvalue weighted by molar-refractivity contribution is -0.140. The Morgan fingerprint density at radius 1 is 1.56 bits per heavy atom. The Labute approximate surface area is 96.8 Å². The van der Waals surface area contributed by atoms with E-state index in [9.17, 15) is 9.59 Å². The molecule has 1 aliphatic heterocycles. The summed E-state index contributed by atoms with van der Waals surface area (Å²) in [6, 6.07) is 0. The highest BCUT2D eigenvalue weighted by molar-refractivity contribution is 8.14. The molecule has 1 aliphatic rings. The molecule has 0 atom stereocenters. The number of aliphatic imine (C=N–C) groups is 1. The van der Waals surface area contributed by atoms with Crippen LogP contribution in [0.2, 0.25) is 0 Å². The van der Waals surface area contributed by atoms with Gasteiger partial charge in [0.05, 0.1) is 5.75 Å². The van der Waals surface area contributed by atoms with Crippen LogP contribution in [0.25, 0.3) is 0 Å². The number of hydrogen-bond donors (Lipinski definition) is 3. The minimum absolute atomic E-state index is 0.00134. The summed E-state index contributed by atoms with van der Waals surface area (Å²) in [5.74, 6) is -0.675. The molecule has 0 aliphatic carbocycles. The van der Waals surface area contributed by atoms with Crippen molar-refractivity contribution in [2.24, 2.45) is 16.5 Å². The summed E-state index contributed by atoms with van der Waals surface area (Å²) >= 11 is 0.894. The second-order valence-electron chi connectivity index (χ2n) is 3.17. The molecule has 8 heteroatoms. The molecule has 2 amide bonds. The Kier molecular flexibility index (Phi) is 4.29. The van der Waals surface area contributed by atoms with Gasteiger partial charge in [0.25, 0.3) is 0 Å². The van der Waals surface area contributed by atoms with Gasteiger partial charge in [-0.2, -0.15) is 4.99 Å². The number of imide groups is 1.